The van der Waals surface area contributed by atoms with Crippen molar-refractivity contribution < 1.29 is 13.6 Å². The largest absolute Gasteiger partial charge is 0.410 e. The molecule has 0 N–H and O–H groups in total. The maximum absolute atomic E-state index is 13.1. The van der Waals surface area contributed by atoms with Crippen molar-refractivity contribution in [1.82, 2.24) is 0 Å². The molecule has 1 rings (SSSR count). The standard InChI is InChI=1S/C25H48O3Si2/c1-18-14-15-21(17-22(18)27-30(12,13)24(4,5)6)19(2)16-20(3)23(26)25(7,8)28-29(9,10)11/h14,20-22H,2,15-17H2,1,3-13H3/t20-,21-,22-/m1/s1. The Balaban J connectivity index is 2.82. The molecule has 0 radical (unpaired) electrons. The highest BCUT2D eigenvalue weighted by Crippen LogP contribution is 2.41. The molecule has 1 aliphatic carbocycles. The second kappa shape index (κ2) is 9.55. The minimum atomic E-state index is -1.83. The smallest absolute Gasteiger partial charge is 0.192 e. The average molecular weight is 453 g/mol. The van der Waals surface area contributed by atoms with Crippen LogP contribution >= 0.6 is 0 Å². The van der Waals surface area contributed by atoms with Crippen LogP contribution in [0, 0.1) is 11.8 Å². The van der Waals surface area contributed by atoms with Gasteiger partial charge in [0.1, 0.15) is 5.60 Å². The first-order valence-electron chi connectivity index (χ1n) is 11.5. The van der Waals surface area contributed by atoms with Gasteiger partial charge in [-0.1, -0.05) is 45.9 Å². The lowest BCUT2D eigenvalue weighted by Crippen LogP contribution is -2.46. The number of carbonyl (C=O) groups excluding carboxylic acids is 1. The van der Waals surface area contributed by atoms with Crippen LogP contribution in [0.25, 0.3) is 0 Å². The van der Waals surface area contributed by atoms with E-state index >= 15 is 0 Å². The van der Waals surface area contributed by atoms with Crippen molar-refractivity contribution in [2.45, 2.75) is 117 Å². The van der Waals surface area contributed by atoms with E-state index in [4.69, 9.17) is 8.85 Å². The van der Waals surface area contributed by atoms with Crippen molar-refractivity contribution >= 4 is 22.4 Å². The summed E-state index contributed by atoms with van der Waals surface area (Å²) in [5, 5.41) is 0.195. The Morgan fingerprint density at radius 1 is 1.17 bits per heavy atom. The average Bonchev–Trinajstić information content (AvgIpc) is 2.52. The Bertz CT molecular complexity index is 663. The first-order chi connectivity index (χ1) is 13.3. The van der Waals surface area contributed by atoms with Crippen molar-refractivity contribution in [1.29, 1.82) is 0 Å². The van der Waals surface area contributed by atoms with Crippen LogP contribution in [0.3, 0.4) is 0 Å². The Morgan fingerprint density at radius 2 is 1.70 bits per heavy atom. The number of hydrogen-bond donors (Lipinski definition) is 0. The van der Waals surface area contributed by atoms with Crippen molar-refractivity contribution in [2.75, 3.05) is 0 Å². The van der Waals surface area contributed by atoms with Gasteiger partial charge in [-0.05, 0) is 89.3 Å². The SMILES string of the molecule is C=C(C[C@@H](C)C(=O)C(C)(C)O[Si](C)(C)C)[C@@H]1CC=C(C)[C@H](O[Si](C)(C)C(C)(C)C)C1. The number of rotatable bonds is 9. The van der Waals surface area contributed by atoms with E-state index in [1.807, 2.05) is 20.8 Å². The van der Waals surface area contributed by atoms with Gasteiger partial charge in [0, 0.05) is 5.92 Å². The Morgan fingerprint density at radius 3 is 2.17 bits per heavy atom. The normalized spacial score (nSPS) is 22.5. The van der Waals surface area contributed by atoms with Crippen molar-refractivity contribution in [3.63, 3.8) is 0 Å². The third-order valence-corrected chi connectivity index (χ3v) is 12.3. The lowest BCUT2D eigenvalue weighted by atomic mass is 9.79. The fraction of sp³-hybridized carbons (Fsp3) is 0.800. The van der Waals surface area contributed by atoms with Gasteiger partial charge in [-0.15, -0.1) is 0 Å². The summed E-state index contributed by atoms with van der Waals surface area (Å²) in [4.78, 5) is 13.1. The van der Waals surface area contributed by atoms with E-state index in [1.54, 1.807) is 0 Å². The summed E-state index contributed by atoms with van der Waals surface area (Å²) in [5.74, 6) is 0.470. The van der Waals surface area contributed by atoms with E-state index in [0.29, 0.717) is 5.92 Å². The number of carbonyl (C=O) groups is 1. The van der Waals surface area contributed by atoms with Gasteiger partial charge in [0.2, 0.25) is 0 Å². The highest BCUT2D eigenvalue weighted by Gasteiger charge is 2.41. The molecule has 0 aromatic heterocycles. The predicted octanol–water partition coefficient (Wildman–Crippen LogP) is 7.51. The van der Waals surface area contributed by atoms with Gasteiger partial charge in [0.25, 0.3) is 0 Å². The van der Waals surface area contributed by atoms with Crippen LogP contribution < -0.4 is 0 Å². The topological polar surface area (TPSA) is 35.5 Å². The molecule has 0 amide bonds. The first-order valence-corrected chi connectivity index (χ1v) is 17.8. The van der Waals surface area contributed by atoms with Crippen LogP contribution in [0.15, 0.2) is 23.8 Å². The minimum Gasteiger partial charge on any atom is -0.410 e. The van der Waals surface area contributed by atoms with Crippen LogP contribution in [-0.2, 0) is 13.6 Å². The monoisotopic (exact) mass is 452 g/mol. The zero-order valence-corrected chi connectivity index (χ0v) is 23.9. The maximum Gasteiger partial charge on any atom is 0.192 e. The lowest BCUT2D eigenvalue weighted by Gasteiger charge is -2.42. The summed E-state index contributed by atoms with van der Waals surface area (Å²) >= 11 is 0. The third kappa shape index (κ3) is 7.57. The van der Waals surface area contributed by atoms with Gasteiger partial charge in [0.15, 0.2) is 22.4 Å². The lowest BCUT2D eigenvalue weighted by molar-refractivity contribution is -0.136. The van der Waals surface area contributed by atoms with E-state index in [-0.39, 0.29) is 22.8 Å². The first kappa shape index (κ1) is 27.5. The highest BCUT2D eigenvalue weighted by atomic mass is 28.4. The predicted molar refractivity (Wildman–Crippen MR) is 135 cm³/mol. The zero-order chi connectivity index (χ0) is 23.7. The van der Waals surface area contributed by atoms with Crippen molar-refractivity contribution in [3.05, 3.63) is 23.8 Å². The molecule has 0 bridgehead atoms. The molecule has 0 heterocycles. The van der Waals surface area contributed by atoms with E-state index < -0.39 is 22.2 Å². The zero-order valence-electron chi connectivity index (χ0n) is 21.9. The molecule has 174 valence electrons. The van der Waals surface area contributed by atoms with Crippen LogP contribution in [0.2, 0.25) is 37.8 Å². The molecule has 0 fully saturated rings. The fourth-order valence-corrected chi connectivity index (χ4v) is 7.05. The number of Topliss-reactive ketones (excluding diaryl/α,β-unsaturated/α-hetero) is 1. The van der Waals surface area contributed by atoms with Crippen LogP contribution in [0.5, 0.6) is 0 Å². The number of hydrogen-bond acceptors (Lipinski definition) is 3. The van der Waals surface area contributed by atoms with E-state index in [0.717, 1.165) is 19.3 Å². The summed E-state index contributed by atoms with van der Waals surface area (Å²) in [6, 6.07) is 0. The molecule has 0 saturated heterocycles. The molecule has 3 atom stereocenters. The van der Waals surface area contributed by atoms with Gasteiger partial charge in [-0.2, -0.15) is 0 Å². The third-order valence-electron chi connectivity index (χ3n) is 6.72. The van der Waals surface area contributed by atoms with Gasteiger partial charge in [0.05, 0.1) is 6.10 Å². The summed E-state index contributed by atoms with van der Waals surface area (Å²) in [6.45, 7) is 30.3. The van der Waals surface area contributed by atoms with Crippen LogP contribution in [0.1, 0.15) is 67.7 Å². The van der Waals surface area contributed by atoms with E-state index in [9.17, 15) is 4.79 Å². The molecule has 0 unspecified atom stereocenters. The highest BCUT2D eigenvalue weighted by molar-refractivity contribution is 6.74. The molecule has 5 heteroatoms. The fourth-order valence-electron chi connectivity index (χ4n) is 4.07. The molecule has 0 aliphatic heterocycles. The number of allylic oxidation sites excluding steroid dienone is 2. The molecule has 30 heavy (non-hydrogen) atoms. The summed E-state index contributed by atoms with van der Waals surface area (Å²) in [6.07, 6.45) is 5.18. The quantitative estimate of drug-likeness (QED) is 0.268. The number of ketones is 1. The molecule has 0 aromatic rings. The molecule has 0 saturated carbocycles. The summed E-state index contributed by atoms with van der Waals surface area (Å²) < 4.78 is 12.9. The Labute approximate surface area is 189 Å². The maximum atomic E-state index is 13.1. The second-order valence-corrected chi connectivity index (χ2v) is 21.5. The second-order valence-electron chi connectivity index (χ2n) is 12.3. The Hall–Kier alpha value is -0.496. The molecule has 3 nitrogen and oxygen atoms in total. The van der Waals surface area contributed by atoms with E-state index in [2.05, 4.69) is 73.1 Å². The van der Waals surface area contributed by atoms with Gasteiger partial charge < -0.3 is 8.85 Å². The molecular formula is C25H48O3Si2. The Kier molecular flexibility index (Phi) is 8.77. The minimum absolute atomic E-state index is 0.0874. The van der Waals surface area contributed by atoms with E-state index in [1.165, 1.54) is 11.1 Å². The van der Waals surface area contributed by atoms with Gasteiger partial charge >= 0.3 is 0 Å². The van der Waals surface area contributed by atoms with Crippen LogP contribution in [-0.4, -0.2) is 34.1 Å². The summed E-state index contributed by atoms with van der Waals surface area (Å²) in [5.41, 5.74) is 1.78. The van der Waals surface area contributed by atoms with Crippen molar-refractivity contribution in [2.24, 2.45) is 11.8 Å². The van der Waals surface area contributed by atoms with Crippen LogP contribution in [0.4, 0.5) is 0 Å². The van der Waals surface area contributed by atoms with Crippen molar-refractivity contribution in [3.8, 4) is 0 Å². The summed E-state index contributed by atoms with van der Waals surface area (Å²) in [7, 11) is -3.63. The van der Waals surface area contributed by atoms with Gasteiger partial charge in [-0.25, -0.2) is 0 Å². The molecular weight excluding hydrogens is 404 g/mol. The molecule has 0 spiro atoms. The van der Waals surface area contributed by atoms with Gasteiger partial charge in [-0.3, -0.25) is 4.79 Å². The molecule has 0 aromatic carbocycles. The molecule has 1 aliphatic rings.